The van der Waals surface area contributed by atoms with Crippen LogP contribution in [0.4, 0.5) is 4.39 Å². The van der Waals surface area contributed by atoms with E-state index in [0.717, 1.165) is 31.5 Å². The first-order valence-electron chi connectivity index (χ1n) is 6.73. The summed E-state index contributed by atoms with van der Waals surface area (Å²) in [5.41, 5.74) is 6.83. The van der Waals surface area contributed by atoms with Crippen molar-refractivity contribution < 1.29 is 14.7 Å². The van der Waals surface area contributed by atoms with Crippen molar-refractivity contribution in [2.24, 2.45) is 16.8 Å². The maximum absolute atomic E-state index is 13.3. The molecule has 1 fully saturated rings. The van der Waals surface area contributed by atoms with E-state index in [9.17, 15) is 9.50 Å². The standard InChI is InChI=1S/C14H20FN3O2/c15-12-4-3-11(13(6-12)14(16)17-20)8-18-5-1-2-10(7-18)9-19/h3-4,6,10,19-20H,1-2,5,7-9H2,(H2,16,17). The van der Waals surface area contributed by atoms with E-state index < -0.39 is 5.82 Å². The average molecular weight is 281 g/mol. The summed E-state index contributed by atoms with van der Waals surface area (Å²) < 4.78 is 13.3. The molecule has 20 heavy (non-hydrogen) atoms. The number of aliphatic hydroxyl groups is 1. The van der Waals surface area contributed by atoms with Gasteiger partial charge in [-0.3, -0.25) is 4.90 Å². The number of amidine groups is 1. The van der Waals surface area contributed by atoms with E-state index in [1.165, 1.54) is 12.1 Å². The number of nitrogens with zero attached hydrogens (tertiary/aromatic N) is 2. The summed E-state index contributed by atoms with van der Waals surface area (Å²) in [6.07, 6.45) is 2.06. The predicted molar refractivity (Wildman–Crippen MR) is 74.0 cm³/mol. The summed E-state index contributed by atoms with van der Waals surface area (Å²) >= 11 is 0. The molecule has 0 bridgehead atoms. The predicted octanol–water partition coefficient (Wildman–Crippen LogP) is 1.12. The second-order valence-electron chi connectivity index (χ2n) is 5.21. The maximum atomic E-state index is 13.3. The number of hydrogen-bond acceptors (Lipinski definition) is 4. The molecular formula is C14H20FN3O2. The molecule has 1 aliphatic rings. The van der Waals surface area contributed by atoms with Gasteiger partial charge in [0, 0.05) is 25.3 Å². The van der Waals surface area contributed by atoms with E-state index in [4.69, 9.17) is 10.9 Å². The van der Waals surface area contributed by atoms with E-state index >= 15 is 0 Å². The second kappa shape index (κ2) is 6.67. The van der Waals surface area contributed by atoms with E-state index in [-0.39, 0.29) is 18.4 Å². The monoisotopic (exact) mass is 281 g/mol. The van der Waals surface area contributed by atoms with E-state index in [2.05, 4.69) is 10.1 Å². The molecule has 110 valence electrons. The Hall–Kier alpha value is -1.66. The number of rotatable bonds is 4. The first-order chi connectivity index (χ1) is 9.63. The van der Waals surface area contributed by atoms with Gasteiger partial charge in [0.25, 0.3) is 0 Å². The minimum absolute atomic E-state index is 0.0878. The molecule has 1 unspecified atom stereocenters. The van der Waals surface area contributed by atoms with Crippen LogP contribution in [0.25, 0.3) is 0 Å². The van der Waals surface area contributed by atoms with Gasteiger partial charge in [-0.25, -0.2) is 4.39 Å². The Kier molecular flexibility index (Phi) is 4.92. The fourth-order valence-electron chi connectivity index (χ4n) is 2.66. The number of halogens is 1. The zero-order valence-electron chi connectivity index (χ0n) is 11.3. The summed E-state index contributed by atoms with van der Waals surface area (Å²) in [6, 6.07) is 4.31. The SMILES string of the molecule is NC(=NO)c1cc(F)ccc1CN1CCCC(CO)C1. The lowest BCUT2D eigenvalue weighted by molar-refractivity contribution is 0.116. The van der Waals surface area contributed by atoms with Crippen molar-refractivity contribution in [3.05, 3.63) is 35.1 Å². The van der Waals surface area contributed by atoms with Crippen LogP contribution in [0.1, 0.15) is 24.0 Å². The molecule has 1 aliphatic heterocycles. The van der Waals surface area contributed by atoms with E-state index in [1.54, 1.807) is 6.07 Å². The van der Waals surface area contributed by atoms with Gasteiger partial charge in [0.1, 0.15) is 5.82 Å². The molecule has 0 saturated carbocycles. The lowest BCUT2D eigenvalue weighted by Crippen LogP contribution is -2.36. The average Bonchev–Trinajstić information content (AvgIpc) is 2.48. The lowest BCUT2D eigenvalue weighted by Gasteiger charge is -2.32. The van der Waals surface area contributed by atoms with Crippen molar-refractivity contribution >= 4 is 5.84 Å². The Morgan fingerprint density at radius 3 is 3.00 bits per heavy atom. The number of oxime groups is 1. The summed E-state index contributed by atoms with van der Waals surface area (Å²) in [7, 11) is 0. The smallest absolute Gasteiger partial charge is 0.170 e. The molecule has 1 aromatic rings. The number of piperidine rings is 1. The highest BCUT2D eigenvalue weighted by atomic mass is 19.1. The van der Waals surface area contributed by atoms with Crippen molar-refractivity contribution in [2.75, 3.05) is 19.7 Å². The molecule has 0 radical (unpaired) electrons. The molecule has 1 aromatic carbocycles. The van der Waals surface area contributed by atoms with Crippen molar-refractivity contribution in [2.45, 2.75) is 19.4 Å². The highest BCUT2D eigenvalue weighted by molar-refractivity contribution is 5.98. The van der Waals surface area contributed by atoms with Gasteiger partial charge in [-0.15, -0.1) is 0 Å². The molecule has 0 aromatic heterocycles. The van der Waals surface area contributed by atoms with Crippen LogP contribution in [0.3, 0.4) is 0 Å². The van der Waals surface area contributed by atoms with Gasteiger partial charge in [0.05, 0.1) is 0 Å². The summed E-state index contributed by atoms with van der Waals surface area (Å²) in [5.74, 6) is -0.214. The number of likely N-dealkylation sites (tertiary alicyclic amines) is 1. The fraction of sp³-hybridized carbons (Fsp3) is 0.500. The van der Waals surface area contributed by atoms with Crippen LogP contribution >= 0.6 is 0 Å². The minimum atomic E-state index is -0.415. The summed E-state index contributed by atoms with van der Waals surface area (Å²) in [5, 5.41) is 21.0. The summed E-state index contributed by atoms with van der Waals surface area (Å²) in [6.45, 7) is 2.53. The van der Waals surface area contributed by atoms with Crippen molar-refractivity contribution in [1.82, 2.24) is 4.90 Å². The Labute approximate surface area is 117 Å². The Morgan fingerprint density at radius 1 is 1.50 bits per heavy atom. The lowest BCUT2D eigenvalue weighted by atomic mass is 9.97. The van der Waals surface area contributed by atoms with Crippen LogP contribution in [0.5, 0.6) is 0 Å². The van der Waals surface area contributed by atoms with Gasteiger partial charge >= 0.3 is 0 Å². The highest BCUT2D eigenvalue weighted by Gasteiger charge is 2.20. The highest BCUT2D eigenvalue weighted by Crippen LogP contribution is 2.20. The Morgan fingerprint density at radius 2 is 2.30 bits per heavy atom. The molecular weight excluding hydrogens is 261 g/mol. The number of aliphatic hydroxyl groups excluding tert-OH is 1. The Balaban J connectivity index is 2.16. The molecule has 1 heterocycles. The summed E-state index contributed by atoms with van der Waals surface area (Å²) in [4.78, 5) is 2.20. The van der Waals surface area contributed by atoms with E-state index in [0.29, 0.717) is 12.1 Å². The van der Waals surface area contributed by atoms with E-state index in [1.807, 2.05) is 0 Å². The molecule has 1 atom stereocenters. The first-order valence-corrected chi connectivity index (χ1v) is 6.73. The van der Waals surface area contributed by atoms with Crippen LogP contribution in [-0.4, -0.2) is 40.7 Å². The number of nitrogens with two attached hydrogens (primary N) is 1. The Bertz CT molecular complexity index is 493. The molecule has 1 saturated heterocycles. The van der Waals surface area contributed by atoms with Gasteiger partial charge in [0.15, 0.2) is 5.84 Å². The fourth-order valence-corrected chi connectivity index (χ4v) is 2.66. The topological polar surface area (TPSA) is 82.1 Å². The second-order valence-corrected chi connectivity index (χ2v) is 5.21. The zero-order valence-corrected chi connectivity index (χ0v) is 11.3. The molecule has 4 N–H and O–H groups in total. The normalized spacial score (nSPS) is 21.1. The molecule has 0 amide bonds. The van der Waals surface area contributed by atoms with Crippen LogP contribution < -0.4 is 5.73 Å². The number of hydrogen-bond donors (Lipinski definition) is 3. The third-order valence-electron chi connectivity index (χ3n) is 3.71. The van der Waals surface area contributed by atoms with Gasteiger partial charge < -0.3 is 16.0 Å². The molecule has 0 aliphatic carbocycles. The molecule has 0 spiro atoms. The van der Waals surface area contributed by atoms with Gasteiger partial charge in [-0.2, -0.15) is 0 Å². The maximum Gasteiger partial charge on any atom is 0.170 e. The van der Waals surface area contributed by atoms with Gasteiger partial charge in [-0.05, 0) is 43.0 Å². The zero-order chi connectivity index (χ0) is 14.5. The van der Waals surface area contributed by atoms with Crippen LogP contribution in [0, 0.1) is 11.7 Å². The van der Waals surface area contributed by atoms with Gasteiger partial charge in [0.2, 0.25) is 0 Å². The minimum Gasteiger partial charge on any atom is -0.409 e. The van der Waals surface area contributed by atoms with Gasteiger partial charge in [-0.1, -0.05) is 11.2 Å². The molecule has 6 heteroatoms. The van der Waals surface area contributed by atoms with Crippen LogP contribution in [0.15, 0.2) is 23.4 Å². The van der Waals surface area contributed by atoms with Crippen molar-refractivity contribution in [3.63, 3.8) is 0 Å². The molecule has 2 rings (SSSR count). The quantitative estimate of drug-likeness (QED) is 0.334. The van der Waals surface area contributed by atoms with Crippen molar-refractivity contribution in [3.8, 4) is 0 Å². The third-order valence-corrected chi connectivity index (χ3v) is 3.71. The van der Waals surface area contributed by atoms with Crippen LogP contribution in [0.2, 0.25) is 0 Å². The molecule has 5 nitrogen and oxygen atoms in total. The third kappa shape index (κ3) is 3.46. The largest absolute Gasteiger partial charge is 0.409 e. The number of benzene rings is 1. The van der Waals surface area contributed by atoms with Crippen LogP contribution in [-0.2, 0) is 6.54 Å². The first kappa shape index (κ1) is 14.7. The van der Waals surface area contributed by atoms with Crippen molar-refractivity contribution in [1.29, 1.82) is 0 Å².